The van der Waals surface area contributed by atoms with E-state index in [1.807, 2.05) is 0 Å². The summed E-state index contributed by atoms with van der Waals surface area (Å²) in [4.78, 5) is 39.2. The molecule has 143 valence electrons. The van der Waals surface area contributed by atoms with Crippen molar-refractivity contribution in [3.63, 3.8) is 0 Å². The fraction of sp³-hybridized carbons (Fsp3) is 0.833. The molecule has 1 amide bonds. The average Bonchev–Trinajstić information content (AvgIpc) is 3.03. The van der Waals surface area contributed by atoms with Crippen molar-refractivity contribution in [2.45, 2.75) is 52.5 Å². The number of aliphatic carboxylic acids is 1. The quantitative estimate of drug-likeness (QED) is 0.411. The van der Waals surface area contributed by atoms with Crippen LogP contribution in [0.15, 0.2) is 0 Å². The predicted octanol–water partition coefficient (Wildman–Crippen LogP) is 0.829. The van der Waals surface area contributed by atoms with Crippen LogP contribution < -0.4 is 5.73 Å². The molecule has 1 radical (unpaired) electrons. The Bertz CT molecular complexity index is 613. The summed E-state index contributed by atoms with van der Waals surface area (Å²) in [5.74, 6) is -2.14. The zero-order chi connectivity index (χ0) is 19.3. The third-order valence-electron chi connectivity index (χ3n) is 6.33. The van der Waals surface area contributed by atoms with Crippen LogP contribution in [-0.4, -0.2) is 54.4 Å². The number of carboxylic acid groups (broad SMARTS) is 1. The highest BCUT2D eigenvalue weighted by Gasteiger charge is 2.61. The minimum atomic E-state index is -0.982. The van der Waals surface area contributed by atoms with Crippen molar-refractivity contribution in [2.75, 3.05) is 13.3 Å². The third-order valence-corrected chi connectivity index (χ3v) is 6.33. The third kappa shape index (κ3) is 3.41. The van der Waals surface area contributed by atoms with Gasteiger partial charge in [0.05, 0.1) is 12.6 Å². The molecule has 0 aromatic carbocycles. The lowest BCUT2D eigenvalue weighted by Gasteiger charge is -2.34. The van der Waals surface area contributed by atoms with Crippen molar-refractivity contribution in [1.82, 2.24) is 4.90 Å². The Morgan fingerprint density at radius 1 is 1.31 bits per heavy atom. The lowest BCUT2D eigenvalue weighted by atomic mass is 9.69. The first kappa shape index (κ1) is 19.4. The lowest BCUT2D eigenvalue weighted by Crippen LogP contribution is -2.51. The van der Waals surface area contributed by atoms with Crippen molar-refractivity contribution in [1.29, 1.82) is 0 Å². The number of rotatable bonds is 6. The summed E-state index contributed by atoms with van der Waals surface area (Å²) in [6, 6.07) is -0.833. The number of likely N-dealkylation sites (tertiary alicyclic amines) is 1. The maximum absolute atomic E-state index is 13.3. The predicted molar refractivity (Wildman–Crippen MR) is 94.9 cm³/mol. The second-order valence-corrected chi connectivity index (χ2v) is 9.26. The van der Waals surface area contributed by atoms with Crippen LogP contribution in [0.4, 0.5) is 0 Å². The minimum Gasteiger partial charge on any atom is -0.480 e. The number of hydrogen-bond donors (Lipinski definition) is 2. The standard InChI is InChI=1S/C18H28BN2O5/c1-17(2,3)12(14(22)19-26-9-20)15(23)21-8-10-6-18(4-5-18)7-11(10)13(21)16(24)25/h10-13H,4-9,20H2,1-3H3,(H,24,25)/t10-,11-,12+,13-/m0/s1. The Morgan fingerprint density at radius 2 is 1.96 bits per heavy atom. The molecule has 3 aliphatic rings. The molecule has 2 aliphatic carbocycles. The van der Waals surface area contributed by atoms with Crippen LogP contribution >= 0.6 is 0 Å². The molecule has 2 saturated carbocycles. The molecule has 0 aromatic heterocycles. The number of nitrogens with zero attached hydrogens (tertiary/aromatic N) is 1. The molecule has 0 unspecified atom stereocenters. The maximum atomic E-state index is 13.3. The molecular formula is C18H28BN2O5. The number of amides is 1. The van der Waals surface area contributed by atoms with Gasteiger partial charge in [-0.05, 0) is 48.3 Å². The van der Waals surface area contributed by atoms with Crippen LogP contribution in [0.2, 0.25) is 0 Å². The van der Waals surface area contributed by atoms with Gasteiger partial charge in [-0.1, -0.05) is 20.8 Å². The van der Waals surface area contributed by atoms with Crippen LogP contribution in [0.5, 0.6) is 0 Å². The highest BCUT2D eigenvalue weighted by Crippen LogP contribution is 2.64. The molecule has 1 heterocycles. The fourth-order valence-corrected chi connectivity index (χ4v) is 5.04. The maximum Gasteiger partial charge on any atom is 0.378 e. The molecule has 3 fully saturated rings. The second-order valence-electron chi connectivity index (χ2n) is 9.26. The largest absolute Gasteiger partial charge is 0.480 e. The molecule has 1 saturated heterocycles. The van der Waals surface area contributed by atoms with Crippen molar-refractivity contribution < 1.29 is 24.1 Å². The molecule has 1 aliphatic heterocycles. The van der Waals surface area contributed by atoms with Crippen molar-refractivity contribution in [3.05, 3.63) is 0 Å². The van der Waals surface area contributed by atoms with Gasteiger partial charge in [-0.25, -0.2) is 4.79 Å². The molecule has 0 bridgehead atoms. The number of fused-ring (bicyclic) bond motifs is 1. The van der Waals surface area contributed by atoms with Crippen LogP contribution in [0.3, 0.4) is 0 Å². The van der Waals surface area contributed by atoms with Gasteiger partial charge in [0.25, 0.3) is 0 Å². The van der Waals surface area contributed by atoms with E-state index in [0.29, 0.717) is 12.0 Å². The zero-order valence-corrected chi connectivity index (χ0v) is 15.7. The first-order valence-electron chi connectivity index (χ1n) is 9.32. The summed E-state index contributed by atoms with van der Waals surface area (Å²) >= 11 is 0. The van der Waals surface area contributed by atoms with Crippen LogP contribution in [0, 0.1) is 28.6 Å². The molecule has 7 nitrogen and oxygen atoms in total. The molecule has 0 aromatic rings. The van der Waals surface area contributed by atoms with Gasteiger partial charge >= 0.3 is 13.5 Å². The van der Waals surface area contributed by atoms with Gasteiger partial charge < -0.3 is 25.2 Å². The summed E-state index contributed by atoms with van der Waals surface area (Å²) in [7, 11) is 0.986. The van der Waals surface area contributed by atoms with E-state index in [0.717, 1.165) is 20.3 Å². The van der Waals surface area contributed by atoms with Crippen LogP contribution in [-0.2, 0) is 19.0 Å². The first-order valence-corrected chi connectivity index (χ1v) is 9.32. The minimum absolute atomic E-state index is 0.000980. The summed E-state index contributed by atoms with van der Waals surface area (Å²) in [6.07, 6.45) is 4.24. The van der Waals surface area contributed by atoms with Crippen molar-refractivity contribution in [2.24, 2.45) is 34.3 Å². The van der Waals surface area contributed by atoms with Gasteiger partial charge in [0, 0.05) is 6.54 Å². The smallest absolute Gasteiger partial charge is 0.378 e. The van der Waals surface area contributed by atoms with E-state index in [-0.39, 0.29) is 18.6 Å². The number of hydrogen-bond acceptors (Lipinski definition) is 5. The second kappa shape index (κ2) is 6.64. The SMILES string of the molecule is CC(C)(C)[C@H](C(=O)[B]OCN)C(=O)N1C[C@@H]2CC3(CC3)C[C@@H]2[C@H]1C(=O)O. The van der Waals surface area contributed by atoms with E-state index in [2.05, 4.69) is 0 Å². The molecular weight excluding hydrogens is 335 g/mol. The number of nitrogens with two attached hydrogens (primary N) is 1. The van der Waals surface area contributed by atoms with Crippen molar-refractivity contribution >= 4 is 25.0 Å². The Balaban J connectivity index is 1.82. The van der Waals surface area contributed by atoms with Gasteiger partial charge in [-0.15, -0.1) is 0 Å². The van der Waals surface area contributed by atoms with Crippen molar-refractivity contribution in [3.8, 4) is 0 Å². The molecule has 3 N–H and O–H groups in total. The number of carboxylic acids is 1. The van der Waals surface area contributed by atoms with Gasteiger partial charge in [-0.2, -0.15) is 0 Å². The van der Waals surface area contributed by atoms with Gasteiger partial charge in [0.1, 0.15) is 11.7 Å². The molecule has 3 rings (SSSR count). The van der Waals surface area contributed by atoms with E-state index in [9.17, 15) is 19.5 Å². The summed E-state index contributed by atoms with van der Waals surface area (Å²) in [6.45, 7) is 5.69. The zero-order valence-electron chi connectivity index (χ0n) is 15.7. The molecule has 4 atom stereocenters. The average molecular weight is 363 g/mol. The summed E-state index contributed by atoms with van der Waals surface area (Å²) in [5.41, 5.74) is 4.48. The Labute approximate surface area is 154 Å². The number of carbonyl (C=O) groups excluding carboxylic acids is 2. The van der Waals surface area contributed by atoms with E-state index in [4.69, 9.17) is 10.4 Å². The molecule has 26 heavy (non-hydrogen) atoms. The van der Waals surface area contributed by atoms with E-state index < -0.39 is 34.9 Å². The van der Waals surface area contributed by atoms with E-state index in [1.54, 1.807) is 20.8 Å². The Morgan fingerprint density at radius 3 is 2.46 bits per heavy atom. The van der Waals surface area contributed by atoms with Crippen LogP contribution in [0.25, 0.3) is 0 Å². The number of carbonyl (C=O) groups is 3. The van der Waals surface area contributed by atoms with E-state index in [1.165, 1.54) is 17.7 Å². The van der Waals surface area contributed by atoms with Gasteiger partial charge in [0.15, 0.2) is 0 Å². The first-order chi connectivity index (χ1) is 12.1. The fourth-order valence-electron chi connectivity index (χ4n) is 5.04. The normalized spacial score (nSPS) is 30.2. The lowest BCUT2D eigenvalue weighted by molar-refractivity contribution is -0.154. The summed E-state index contributed by atoms with van der Waals surface area (Å²) < 4.78 is 4.88. The highest BCUT2D eigenvalue weighted by molar-refractivity contribution is 6.70. The van der Waals surface area contributed by atoms with Gasteiger partial charge in [0.2, 0.25) is 5.91 Å². The Hall–Kier alpha value is -1.41. The summed E-state index contributed by atoms with van der Waals surface area (Å²) in [5, 5.41) is 9.81. The molecule has 8 heteroatoms. The topological polar surface area (TPSA) is 110 Å². The van der Waals surface area contributed by atoms with Gasteiger partial charge in [-0.3, -0.25) is 4.79 Å². The van der Waals surface area contributed by atoms with E-state index >= 15 is 0 Å². The molecule has 1 spiro atoms. The monoisotopic (exact) mass is 363 g/mol. The highest BCUT2D eigenvalue weighted by atomic mass is 16.4. The Kier molecular flexibility index (Phi) is 4.94. The van der Waals surface area contributed by atoms with Crippen LogP contribution in [0.1, 0.15) is 46.5 Å².